The van der Waals surface area contributed by atoms with Crippen LogP contribution < -0.4 is 5.32 Å². The molecule has 0 aliphatic heterocycles. The number of likely N-dealkylation sites (N-methyl/N-ethyl adjacent to an activating group) is 1. The van der Waals surface area contributed by atoms with Crippen LogP contribution in [0, 0.1) is 11.8 Å². The molecule has 0 heterocycles. The van der Waals surface area contributed by atoms with Gasteiger partial charge in [-0.1, -0.05) is 37.8 Å². The van der Waals surface area contributed by atoms with Crippen LogP contribution in [0.25, 0.3) is 0 Å². The fourth-order valence-corrected chi connectivity index (χ4v) is 2.09. The van der Waals surface area contributed by atoms with E-state index in [9.17, 15) is 4.79 Å². The van der Waals surface area contributed by atoms with Gasteiger partial charge < -0.3 is 15.3 Å². The summed E-state index contributed by atoms with van der Waals surface area (Å²) < 4.78 is 0. The number of carbonyl (C=O) groups is 1. The fourth-order valence-electron chi connectivity index (χ4n) is 2.09. The molecular weight excluding hydrogens is 264 g/mol. The molecule has 0 saturated heterocycles. The number of aliphatic hydroxyl groups excluding tert-OH is 1. The van der Waals surface area contributed by atoms with Gasteiger partial charge in [0.1, 0.15) is 6.61 Å². The number of carbonyl (C=O) groups excluding carboxylic acids is 1. The minimum atomic E-state index is -0.210. The van der Waals surface area contributed by atoms with Gasteiger partial charge in [0.25, 0.3) is 5.91 Å². The highest BCUT2D eigenvalue weighted by Gasteiger charge is 2.09. The number of nitrogens with zero attached hydrogens (tertiary/aromatic N) is 1. The lowest BCUT2D eigenvalue weighted by atomic mass is 10.1. The maximum atomic E-state index is 12.2. The van der Waals surface area contributed by atoms with Crippen molar-refractivity contribution in [2.75, 3.05) is 32.8 Å². The first-order chi connectivity index (χ1) is 10.2. The summed E-state index contributed by atoms with van der Waals surface area (Å²) in [5, 5.41) is 11.7. The molecular formula is C17H24N2O2. The van der Waals surface area contributed by atoms with Crippen molar-refractivity contribution in [2.45, 2.75) is 20.3 Å². The molecule has 0 aliphatic carbocycles. The van der Waals surface area contributed by atoms with Crippen molar-refractivity contribution in [3.05, 3.63) is 35.4 Å². The number of benzene rings is 1. The summed E-state index contributed by atoms with van der Waals surface area (Å²) >= 11 is 0. The molecule has 4 heteroatoms. The summed E-state index contributed by atoms with van der Waals surface area (Å²) in [6.45, 7) is 7.56. The fraction of sp³-hybridized carbons (Fsp3) is 0.471. The van der Waals surface area contributed by atoms with Crippen LogP contribution in [0.15, 0.2) is 24.3 Å². The molecule has 4 nitrogen and oxygen atoms in total. The maximum Gasteiger partial charge on any atom is 0.252 e. The maximum absolute atomic E-state index is 12.2. The summed E-state index contributed by atoms with van der Waals surface area (Å²) in [6.07, 6.45) is 1.11. The third-order valence-electron chi connectivity index (χ3n) is 3.17. The lowest BCUT2D eigenvalue weighted by Crippen LogP contribution is -2.35. The average Bonchev–Trinajstić information content (AvgIpc) is 2.52. The first kappa shape index (κ1) is 17.2. The van der Waals surface area contributed by atoms with Crippen LogP contribution >= 0.6 is 0 Å². The Bertz CT molecular complexity index is 503. The highest BCUT2D eigenvalue weighted by Crippen LogP contribution is 2.07. The van der Waals surface area contributed by atoms with Gasteiger partial charge in [0.15, 0.2) is 0 Å². The molecule has 1 rings (SSSR count). The molecule has 0 spiro atoms. The van der Waals surface area contributed by atoms with E-state index in [0.717, 1.165) is 26.1 Å². The molecule has 2 N–H and O–H groups in total. The predicted molar refractivity (Wildman–Crippen MR) is 85.1 cm³/mol. The molecule has 0 radical (unpaired) electrons. The Kier molecular flexibility index (Phi) is 8.18. The van der Waals surface area contributed by atoms with Crippen LogP contribution in [0.4, 0.5) is 0 Å². The SMILES string of the molecule is CCCN(CC)CCNC(=O)c1ccccc1C#CCO. The van der Waals surface area contributed by atoms with E-state index < -0.39 is 0 Å². The first-order valence-electron chi connectivity index (χ1n) is 7.42. The van der Waals surface area contributed by atoms with E-state index in [0.29, 0.717) is 17.7 Å². The van der Waals surface area contributed by atoms with Crippen LogP contribution in [0.5, 0.6) is 0 Å². The molecule has 1 amide bonds. The molecule has 0 atom stereocenters. The van der Waals surface area contributed by atoms with E-state index in [1.54, 1.807) is 12.1 Å². The Morgan fingerprint density at radius 3 is 2.71 bits per heavy atom. The molecule has 0 saturated carbocycles. The first-order valence-corrected chi connectivity index (χ1v) is 7.42. The van der Waals surface area contributed by atoms with Gasteiger partial charge >= 0.3 is 0 Å². The molecule has 0 fully saturated rings. The number of hydrogen-bond acceptors (Lipinski definition) is 3. The number of nitrogens with one attached hydrogen (secondary N) is 1. The van der Waals surface area contributed by atoms with E-state index >= 15 is 0 Å². The van der Waals surface area contributed by atoms with Crippen LogP contribution in [0.2, 0.25) is 0 Å². The Morgan fingerprint density at radius 2 is 2.05 bits per heavy atom. The predicted octanol–water partition coefficient (Wildman–Crippen LogP) is 1.49. The molecule has 1 aromatic carbocycles. The van der Waals surface area contributed by atoms with Crippen molar-refractivity contribution in [1.82, 2.24) is 10.2 Å². The lowest BCUT2D eigenvalue weighted by molar-refractivity contribution is 0.0948. The number of aliphatic hydroxyl groups is 1. The monoisotopic (exact) mass is 288 g/mol. The molecule has 21 heavy (non-hydrogen) atoms. The van der Waals surface area contributed by atoms with Crippen LogP contribution in [-0.2, 0) is 0 Å². The van der Waals surface area contributed by atoms with Gasteiger partial charge in [0, 0.05) is 18.7 Å². The smallest absolute Gasteiger partial charge is 0.252 e. The normalized spacial score (nSPS) is 10.1. The van der Waals surface area contributed by atoms with Crippen molar-refractivity contribution in [3.8, 4) is 11.8 Å². The third-order valence-corrected chi connectivity index (χ3v) is 3.17. The van der Waals surface area contributed by atoms with E-state index in [-0.39, 0.29) is 12.5 Å². The zero-order chi connectivity index (χ0) is 15.5. The van der Waals surface area contributed by atoms with Crippen LogP contribution in [-0.4, -0.2) is 48.7 Å². The zero-order valence-corrected chi connectivity index (χ0v) is 12.9. The summed E-state index contributed by atoms with van der Waals surface area (Å²) in [5.41, 5.74) is 1.20. The second kappa shape index (κ2) is 9.98. The van der Waals surface area contributed by atoms with Gasteiger partial charge in [-0.05, 0) is 31.6 Å². The molecule has 1 aromatic rings. The lowest BCUT2D eigenvalue weighted by Gasteiger charge is -2.19. The second-order valence-electron chi connectivity index (χ2n) is 4.70. The summed E-state index contributed by atoms with van der Waals surface area (Å²) in [4.78, 5) is 14.5. The molecule has 0 unspecified atom stereocenters. The van der Waals surface area contributed by atoms with Gasteiger partial charge in [-0.15, -0.1) is 0 Å². The van der Waals surface area contributed by atoms with Gasteiger partial charge in [0.05, 0.1) is 5.56 Å². The minimum absolute atomic E-state index is 0.120. The van der Waals surface area contributed by atoms with Gasteiger partial charge in [-0.2, -0.15) is 0 Å². The van der Waals surface area contributed by atoms with Crippen molar-refractivity contribution >= 4 is 5.91 Å². The third kappa shape index (κ3) is 5.99. The number of amides is 1. The van der Waals surface area contributed by atoms with E-state index in [1.165, 1.54) is 0 Å². The highest BCUT2D eigenvalue weighted by atomic mass is 16.2. The molecule has 114 valence electrons. The van der Waals surface area contributed by atoms with Crippen molar-refractivity contribution < 1.29 is 9.90 Å². The van der Waals surface area contributed by atoms with Crippen molar-refractivity contribution in [3.63, 3.8) is 0 Å². The van der Waals surface area contributed by atoms with E-state index in [1.807, 2.05) is 12.1 Å². The Morgan fingerprint density at radius 1 is 1.29 bits per heavy atom. The average molecular weight is 288 g/mol. The quantitative estimate of drug-likeness (QED) is 0.748. The number of rotatable bonds is 7. The Labute approximate surface area is 127 Å². The highest BCUT2D eigenvalue weighted by molar-refractivity contribution is 5.96. The summed E-state index contributed by atoms with van der Waals surface area (Å²) in [7, 11) is 0. The van der Waals surface area contributed by atoms with E-state index in [2.05, 4.69) is 35.9 Å². The Hall–Kier alpha value is -1.83. The molecule has 0 aliphatic rings. The van der Waals surface area contributed by atoms with Crippen molar-refractivity contribution in [1.29, 1.82) is 0 Å². The molecule has 0 bridgehead atoms. The Balaban J connectivity index is 2.60. The second-order valence-corrected chi connectivity index (χ2v) is 4.70. The minimum Gasteiger partial charge on any atom is -0.384 e. The summed E-state index contributed by atoms with van der Waals surface area (Å²) in [5.74, 6) is 5.26. The topological polar surface area (TPSA) is 52.6 Å². The van der Waals surface area contributed by atoms with Crippen LogP contribution in [0.3, 0.4) is 0 Å². The largest absolute Gasteiger partial charge is 0.384 e. The van der Waals surface area contributed by atoms with Gasteiger partial charge in [0.2, 0.25) is 0 Å². The zero-order valence-electron chi connectivity index (χ0n) is 12.9. The number of hydrogen-bond donors (Lipinski definition) is 2. The summed E-state index contributed by atoms with van der Waals surface area (Å²) in [6, 6.07) is 7.18. The molecule has 0 aromatic heterocycles. The van der Waals surface area contributed by atoms with Crippen molar-refractivity contribution in [2.24, 2.45) is 0 Å². The van der Waals surface area contributed by atoms with Gasteiger partial charge in [-0.25, -0.2) is 0 Å². The standard InChI is InChI=1S/C17H24N2O2/c1-3-12-19(4-2)13-11-18-17(21)16-10-6-5-8-15(16)9-7-14-20/h5-6,8,10,20H,3-4,11-14H2,1-2H3,(H,18,21). The van der Waals surface area contributed by atoms with Crippen LogP contribution in [0.1, 0.15) is 36.2 Å². The van der Waals surface area contributed by atoms with Gasteiger partial charge in [-0.3, -0.25) is 4.79 Å². The van der Waals surface area contributed by atoms with E-state index in [4.69, 9.17) is 5.11 Å².